The molecular formula is C8H7O2Si. The molecular weight excluding hydrogens is 156 g/mol. The molecule has 0 fully saturated rings. The van der Waals surface area contributed by atoms with Gasteiger partial charge in [0.1, 0.15) is 5.75 Å². The SMILES string of the molecule is C=C(O[Si])Oc1ccccc1. The van der Waals surface area contributed by atoms with Crippen molar-refractivity contribution in [3.05, 3.63) is 42.9 Å². The molecule has 0 heterocycles. The van der Waals surface area contributed by atoms with Crippen molar-refractivity contribution < 1.29 is 9.16 Å². The van der Waals surface area contributed by atoms with Gasteiger partial charge in [0.15, 0.2) is 0 Å². The highest BCUT2D eigenvalue weighted by molar-refractivity contribution is 5.98. The van der Waals surface area contributed by atoms with Crippen molar-refractivity contribution in [2.75, 3.05) is 0 Å². The van der Waals surface area contributed by atoms with E-state index in [0.717, 1.165) is 0 Å². The first-order valence-corrected chi connectivity index (χ1v) is 3.49. The number of hydrogen-bond acceptors (Lipinski definition) is 2. The Morgan fingerprint density at radius 1 is 1.27 bits per heavy atom. The van der Waals surface area contributed by atoms with Crippen LogP contribution in [0.3, 0.4) is 0 Å². The number of hydrogen-bond donors (Lipinski definition) is 0. The van der Waals surface area contributed by atoms with E-state index in [9.17, 15) is 0 Å². The smallest absolute Gasteiger partial charge is 0.345 e. The van der Waals surface area contributed by atoms with Crippen LogP contribution in [0, 0.1) is 0 Å². The number of para-hydroxylation sites is 1. The highest BCUT2D eigenvalue weighted by Gasteiger charge is 1.93. The summed E-state index contributed by atoms with van der Waals surface area (Å²) in [6, 6.07) is 9.28. The summed E-state index contributed by atoms with van der Waals surface area (Å²) in [7, 11) is 2.79. The third-order valence-electron chi connectivity index (χ3n) is 1.09. The van der Waals surface area contributed by atoms with Crippen molar-refractivity contribution in [2.45, 2.75) is 0 Å². The Kier molecular flexibility index (Phi) is 2.74. The highest BCUT2D eigenvalue weighted by Crippen LogP contribution is 2.11. The molecule has 0 unspecified atom stereocenters. The number of rotatable bonds is 3. The van der Waals surface area contributed by atoms with Crippen molar-refractivity contribution in [3.63, 3.8) is 0 Å². The van der Waals surface area contributed by atoms with Crippen LogP contribution in [0.4, 0.5) is 0 Å². The number of benzene rings is 1. The molecule has 0 aromatic heterocycles. The fourth-order valence-electron chi connectivity index (χ4n) is 0.641. The van der Waals surface area contributed by atoms with Gasteiger partial charge in [-0.3, -0.25) is 0 Å². The molecule has 11 heavy (non-hydrogen) atoms. The van der Waals surface area contributed by atoms with Gasteiger partial charge < -0.3 is 9.16 Å². The standard InChI is InChI=1S/C8H7O2Si/c1-7(10-11)9-8-5-3-2-4-6-8/h2-6H,1H2. The topological polar surface area (TPSA) is 18.5 Å². The molecule has 1 aromatic rings. The van der Waals surface area contributed by atoms with E-state index in [1.54, 1.807) is 0 Å². The van der Waals surface area contributed by atoms with Crippen LogP contribution in [0.5, 0.6) is 5.75 Å². The van der Waals surface area contributed by atoms with Crippen molar-refractivity contribution in [1.29, 1.82) is 0 Å². The van der Waals surface area contributed by atoms with E-state index in [2.05, 4.69) is 21.5 Å². The van der Waals surface area contributed by atoms with Crippen LogP contribution in [0.2, 0.25) is 0 Å². The van der Waals surface area contributed by atoms with E-state index < -0.39 is 0 Å². The summed E-state index contributed by atoms with van der Waals surface area (Å²) in [6.07, 6.45) is 0. The van der Waals surface area contributed by atoms with Gasteiger partial charge >= 0.3 is 10.5 Å². The second-order valence-electron chi connectivity index (χ2n) is 1.89. The minimum atomic E-state index is 0.216. The fraction of sp³-hybridized carbons (Fsp3) is 0. The summed E-state index contributed by atoms with van der Waals surface area (Å²) in [5.41, 5.74) is 0. The fourth-order valence-corrected chi connectivity index (χ4v) is 0.682. The largest absolute Gasteiger partial charge is 0.516 e. The highest BCUT2D eigenvalue weighted by atomic mass is 28.2. The minimum absolute atomic E-state index is 0.216. The van der Waals surface area contributed by atoms with Gasteiger partial charge in [-0.2, -0.15) is 0 Å². The molecule has 0 saturated carbocycles. The van der Waals surface area contributed by atoms with Crippen molar-refractivity contribution in [3.8, 4) is 5.75 Å². The molecule has 3 radical (unpaired) electrons. The molecule has 55 valence electrons. The van der Waals surface area contributed by atoms with Crippen molar-refractivity contribution >= 4 is 10.5 Å². The Balaban J connectivity index is 2.58. The summed E-state index contributed by atoms with van der Waals surface area (Å²) in [5, 5.41) is 0. The normalized spacial score (nSPS) is 8.82. The molecule has 0 amide bonds. The van der Waals surface area contributed by atoms with E-state index in [1.807, 2.05) is 30.3 Å². The molecule has 0 bridgehead atoms. The lowest BCUT2D eigenvalue weighted by Crippen LogP contribution is -1.95. The number of ether oxygens (including phenoxy) is 1. The maximum absolute atomic E-state index is 5.10. The van der Waals surface area contributed by atoms with Crippen LogP contribution < -0.4 is 4.74 Å². The maximum Gasteiger partial charge on any atom is 0.345 e. The van der Waals surface area contributed by atoms with E-state index in [0.29, 0.717) is 5.75 Å². The predicted octanol–water partition coefficient (Wildman–Crippen LogP) is 1.64. The molecule has 0 saturated heterocycles. The lowest BCUT2D eigenvalue weighted by atomic mass is 10.3. The van der Waals surface area contributed by atoms with E-state index in [1.165, 1.54) is 0 Å². The zero-order valence-corrected chi connectivity index (χ0v) is 6.91. The first-order valence-electron chi connectivity index (χ1n) is 3.08. The van der Waals surface area contributed by atoms with Crippen LogP contribution in [0.25, 0.3) is 0 Å². The van der Waals surface area contributed by atoms with Crippen LogP contribution in [-0.4, -0.2) is 10.5 Å². The summed E-state index contributed by atoms with van der Waals surface area (Å²) >= 11 is 0. The van der Waals surface area contributed by atoms with Crippen LogP contribution >= 0.6 is 0 Å². The van der Waals surface area contributed by atoms with Gasteiger partial charge in [0, 0.05) is 0 Å². The summed E-state index contributed by atoms with van der Waals surface area (Å²) in [6.45, 7) is 3.48. The lowest BCUT2D eigenvalue weighted by molar-refractivity contribution is 0.243. The van der Waals surface area contributed by atoms with Crippen LogP contribution in [-0.2, 0) is 4.43 Å². The predicted molar refractivity (Wildman–Crippen MR) is 43.0 cm³/mol. The van der Waals surface area contributed by atoms with Crippen molar-refractivity contribution in [1.82, 2.24) is 0 Å². The molecule has 0 spiro atoms. The first kappa shape index (κ1) is 7.88. The second kappa shape index (κ2) is 3.83. The first-order chi connectivity index (χ1) is 5.33. The molecule has 0 aliphatic rings. The Hall–Kier alpha value is -1.22. The zero-order chi connectivity index (χ0) is 8.10. The lowest BCUT2D eigenvalue weighted by Gasteiger charge is -2.05. The summed E-state index contributed by atoms with van der Waals surface area (Å²) in [5.74, 6) is 0.920. The van der Waals surface area contributed by atoms with Crippen LogP contribution in [0.1, 0.15) is 0 Å². The molecule has 1 rings (SSSR count). The van der Waals surface area contributed by atoms with Gasteiger partial charge in [-0.05, 0) is 18.7 Å². The summed E-state index contributed by atoms with van der Waals surface area (Å²) < 4.78 is 9.64. The monoisotopic (exact) mass is 163 g/mol. The molecule has 0 N–H and O–H groups in total. The quantitative estimate of drug-likeness (QED) is 0.498. The third kappa shape index (κ3) is 2.47. The minimum Gasteiger partial charge on any atom is -0.516 e. The van der Waals surface area contributed by atoms with E-state index >= 15 is 0 Å². The van der Waals surface area contributed by atoms with Crippen LogP contribution in [0.15, 0.2) is 42.9 Å². The molecule has 1 aromatic carbocycles. The molecule has 0 atom stereocenters. The third-order valence-corrected chi connectivity index (χ3v) is 1.32. The maximum atomic E-state index is 5.10. The molecule has 0 aliphatic heterocycles. The molecule has 3 heteroatoms. The second-order valence-corrected chi connectivity index (χ2v) is 2.09. The van der Waals surface area contributed by atoms with E-state index in [4.69, 9.17) is 4.74 Å². The Morgan fingerprint density at radius 2 is 1.91 bits per heavy atom. The Morgan fingerprint density at radius 3 is 2.45 bits per heavy atom. The van der Waals surface area contributed by atoms with Gasteiger partial charge in [0.2, 0.25) is 0 Å². The average molecular weight is 163 g/mol. The van der Waals surface area contributed by atoms with Gasteiger partial charge in [-0.15, -0.1) is 0 Å². The van der Waals surface area contributed by atoms with Gasteiger partial charge in [-0.25, -0.2) is 0 Å². The molecule has 2 nitrogen and oxygen atoms in total. The zero-order valence-electron chi connectivity index (χ0n) is 5.91. The Labute approximate surface area is 69.0 Å². The van der Waals surface area contributed by atoms with Gasteiger partial charge in [-0.1, -0.05) is 18.2 Å². The summed E-state index contributed by atoms with van der Waals surface area (Å²) in [4.78, 5) is 0. The van der Waals surface area contributed by atoms with Gasteiger partial charge in [0.05, 0.1) is 0 Å². The molecule has 0 aliphatic carbocycles. The van der Waals surface area contributed by atoms with Gasteiger partial charge in [0.25, 0.3) is 5.95 Å². The van der Waals surface area contributed by atoms with E-state index in [-0.39, 0.29) is 5.95 Å². The average Bonchev–Trinajstić information content (AvgIpc) is 2.06. The van der Waals surface area contributed by atoms with Crippen molar-refractivity contribution in [2.24, 2.45) is 0 Å². The Bertz CT molecular complexity index is 233.